The van der Waals surface area contributed by atoms with Crippen molar-refractivity contribution >= 4 is 5.91 Å². The van der Waals surface area contributed by atoms with Crippen LogP contribution in [0.15, 0.2) is 24.3 Å². The van der Waals surface area contributed by atoms with Crippen LogP contribution < -0.4 is 5.32 Å². The van der Waals surface area contributed by atoms with Crippen LogP contribution in [0.1, 0.15) is 24.8 Å². The summed E-state index contributed by atoms with van der Waals surface area (Å²) in [5, 5.41) is 3.38. The van der Waals surface area contributed by atoms with Crippen molar-refractivity contribution in [2.45, 2.75) is 31.8 Å². The highest BCUT2D eigenvalue weighted by Crippen LogP contribution is 2.30. The Morgan fingerprint density at radius 3 is 3.00 bits per heavy atom. The molecule has 2 saturated heterocycles. The number of fused-ring (bicyclic) bond motifs is 1. The van der Waals surface area contributed by atoms with Gasteiger partial charge in [0.25, 0.3) is 0 Å². The topological polar surface area (TPSA) is 32.3 Å². The van der Waals surface area contributed by atoms with Gasteiger partial charge in [-0.25, -0.2) is 4.39 Å². The average molecular weight is 262 g/mol. The molecule has 4 heteroatoms. The van der Waals surface area contributed by atoms with E-state index in [2.05, 4.69) is 5.32 Å². The lowest BCUT2D eigenvalue weighted by Crippen LogP contribution is -2.54. The summed E-state index contributed by atoms with van der Waals surface area (Å²) in [6, 6.07) is 7.02. The molecule has 2 aliphatic rings. The Morgan fingerprint density at radius 2 is 2.16 bits per heavy atom. The van der Waals surface area contributed by atoms with E-state index in [0.29, 0.717) is 24.4 Å². The van der Waals surface area contributed by atoms with Crippen LogP contribution in [0.3, 0.4) is 0 Å². The maximum atomic E-state index is 13.7. The normalized spacial score (nSPS) is 27.2. The third kappa shape index (κ3) is 2.50. The molecule has 2 atom stereocenters. The molecule has 102 valence electrons. The van der Waals surface area contributed by atoms with Crippen molar-refractivity contribution in [3.63, 3.8) is 0 Å². The molecule has 1 aromatic rings. The lowest BCUT2D eigenvalue weighted by Gasteiger charge is -2.44. The number of carbonyl (C=O) groups is 1. The lowest BCUT2D eigenvalue weighted by atomic mass is 9.84. The van der Waals surface area contributed by atoms with Gasteiger partial charge in [-0.05, 0) is 37.9 Å². The Bertz CT molecular complexity index is 477. The first-order chi connectivity index (χ1) is 9.25. The minimum Gasteiger partial charge on any atom is -0.335 e. The second kappa shape index (κ2) is 5.29. The van der Waals surface area contributed by atoms with E-state index in [1.165, 1.54) is 6.07 Å². The molecule has 0 spiro atoms. The second-order valence-corrected chi connectivity index (χ2v) is 5.47. The number of amides is 1. The van der Waals surface area contributed by atoms with E-state index in [1.807, 2.05) is 11.0 Å². The fourth-order valence-corrected chi connectivity index (χ4v) is 3.27. The number of rotatable bonds is 2. The van der Waals surface area contributed by atoms with Crippen molar-refractivity contribution in [3.05, 3.63) is 35.6 Å². The maximum absolute atomic E-state index is 13.7. The van der Waals surface area contributed by atoms with Gasteiger partial charge < -0.3 is 10.2 Å². The van der Waals surface area contributed by atoms with Crippen LogP contribution >= 0.6 is 0 Å². The van der Waals surface area contributed by atoms with E-state index in [0.717, 1.165) is 25.9 Å². The minimum atomic E-state index is -0.216. The van der Waals surface area contributed by atoms with Crippen molar-refractivity contribution in [2.75, 3.05) is 13.1 Å². The van der Waals surface area contributed by atoms with E-state index in [-0.39, 0.29) is 17.8 Å². The largest absolute Gasteiger partial charge is 0.335 e. The standard InChI is InChI=1S/C15H19FN2O/c16-13-4-2-1-3-12(13)10-18-14-7-8-17-9-11(14)5-6-15(18)19/h1-4,11,14,17H,5-10H2. The Kier molecular flexibility index (Phi) is 3.51. The molecular formula is C15H19FN2O. The Morgan fingerprint density at radius 1 is 1.32 bits per heavy atom. The molecule has 0 aromatic heterocycles. The van der Waals surface area contributed by atoms with Gasteiger partial charge in [0.1, 0.15) is 5.82 Å². The summed E-state index contributed by atoms with van der Waals surface area (Å²) in [7, 11) is 0. The maximum Gasteiger partial charge on any atom is 0.223 e. The van der Waals surface area contributed by atoms with E-state index in [1.54, 1.807) is 12.1 Å². The van der Waals surface area contributed by atoms with Crippen LogP contribution in [0.2, 0.25) is 0 Å². The molecule has 0 bridgehead atoms. The second-order valence-electron chi connectivity index (χ2n) is 5.47. The summed E-state index contributed by atoms with van der Waals surface area (Å²) < 4.78 is 13.7. The molecule has 2 heterocycles. The molecule has 0 radical (unpaired) electrons. The number of hydrogen-bond acceptors (Lipinski definition) is 2. The van der Waals surface area contributed by atoms with E-state index < -0.39 is 0 Å². The summed E-state index contributed by atoms with van der Waals surface area (Å²) in [6.07, 6.45) is 2.53. The first kappa shape index (κ1) is 12.6. The van der Waals surface area contributed by atoms with Gasteiger partial charge in [0.2, 0.25) is 5.91 Å². The molecule has 1 N–H and O–H groups in total. The summed E-state index contributed by atoms with van der Waals surface area (Å²) in [6.45, 7) is 2.33. The zero-order valence-electron chi connectivity index (χ0n) is 10.9. The molecule has 3 rings (SSSR count). The molecule has 0 saturated carbocycles. The highest BCUT2D eigenvalue weighted by atomic mass is 19.1. The first-order valence-electron chi connectivity index (χ1n) is 6.99. The lowest BCUT2D eigenvalue weighted by molar-refractivity contribution is -0.140. The van der Waals surface area contributed by atoms with Crippen LogP contribution in [0.5, 0.6) is 0 Å². The van der Waals surface area contributed by atoms with Gasteiger partial charge in [-0.3, -0.25) is 4.79 Å². The predicted octanol–water partition coefficient (Wildman–Crippen LogP) is 1.93. The number of carbonyl (C=O) groups excluding carboxylic acids is 1. The van der Waals surface area contributed by atoms with Crippen molar-refractivity contribution in [1.82, 2.24) is 10.2 Å². The summed E-state index contributed by atoms with van der Waals surface area (Å²) in [5.41, 5.74) is 0.620. The number of nitrogens with one attached hydrogen (secondary N) is 1. The predicted molar refractivity (Wildman–Crippen MR) is 70.9 cm³/mol. The molecule has 19 heavy (non-hydrogen) atoms. The van der Waals surface area contributed by atoms with Crippen LogP contribution in [0.25, 0.3) is 0 Å². The molecular weight excluding hydrogens is 243 g/mol. The van der Waals surface area contributed by atoms with E-state index in [9.17, 15) is 9.18 Å². The van der Waals surface area contributed by atoms with Gasteiger partial charge in [0.15, 0.2) is 0 Å². The fraction of sp³-hybridized carbons (Fsp3) is 0.533. The Labute approximate surface area is 112 Å². The van der Waals surface area contributed by atoms with Crippen LogP contribution in [0.4, 0.5) is 4.39 Å². The smallest absolute Gasteiger partial charge is 0.223 e. The zero-order valence-corrected chi connectivity index (χ0v) is 10.9. The van der Waals surface area contributed by atoms with Gasteiger partial charge in [-0.15, -0.1) is 0 Å². The van der Waals surface area contributed by atoms with Crippen molar-refractivity contribution in [2.24, 2.45) is 5.92 Å². The number of nitrogens with zero attached hydrogens (tertiary/aromatic N) is 1. The SMILES string of the molecule is O=C1CCC2CNCCC2N1Cc1ccccc1F. The highest BCUT2D eigenvalue weighted by molar-refractivity contribution is 5.77. The number of hydrogen-bond donors (Lipinski definition) is 1. The molecule has 1 amide bonds. The van der Waals surface area contributed by atoms with Crippen LogP contribution in [-0.2, 0) is 11.3 Å². The highest BCUT2D eigenvalue weighted by Gasteiger charge is 2.37. The van der Waals surface area contributed by atoms with Crippen molar-refractivity contribution in [3.8, 4) is 0 Å². The first-order valence-corrected chi connectivity index (χ1v) is 6.99. The molecule has 2 unspecified atom stereocenters. The molecule has 3 nitrogen and oxygen atoms in total. The monoisotopic (exact) mass is 262 g/mol. The van der Waals surface area contributed by atoms with Crippen molar-refractivity contribution < 1.29 is 9.18 Å². The number of likely N-dealkylation sites (tertiary alicyclic amines) is 1. The van der Waals surface area contributed by atoms with Gasteiger partial charge in [-0.1, -0.05) is 18.2 Å². The van der Waals surface area contributed by atoms with E-state index in [4.69, 9.17) is 0 Å². The minimum absolute atomic E-state index is 0.173. The van der Waals surface area contributed by atoms with Crippen LogP contribution in [0, 0.1) is 11.7 Å². The Hall–Kier alpha value is -1.42. The van der Waals surface area contributed by atoms with Gasteiger partial charge in [0.05, 0.1) is 0 Å². The molecule has 0 aliphatic carbocycles. The molecule has 2 aliphatic heterocycles. The fourth-order valence-electron chi connectivity index (χ4n) is 3.27. The number of halogens is 1. The number of piperidine rings is 2. The number of benzene rings is 1. The van der Waals surface area contributed by atoms with Crippen LogP contribution in [-0.4, -0.2) is 29.9 Å². The summed E-state index contributed by atoms with van der Waals surface area (Å²) >= 11 is 0. The Balaban J connectivity index is 1.81. The summed E-state index contributed by atoms with van der Waals surface area (Å²) in [5.74, 6) is 0.482. The molecule has 1 aromatic carbocycles. The van der Waals surface area contributed by atoms with Gasteiger partial charge in [0, 0.05) is 24.6 Å². The average Bonchev–Trinajstić information content (AvgIpc) is 2.44. The van der Waals surface area contributed by atoms with Crippen molar-refractivity contribution in [1.29, 1.82) is 0 Å². The van der Waals surface area contributed by atoms with E-state index >= 15 is 0 Å². The van der Waals surface area contributed by atoms with Gasteiger partial charge in [-0.2, -0.15) is 0 Å². The summed E-state index contributed by atoms with van der Waals surface area (Å²) in [4.78, 5) is 14.0. The molecule has 2 fully saturated rings. The quantitative estimate of drug-likeness (QED) is 0.883. The third-order valence-electron chi connectivity index (χ3n) is 4.32. The third-order valence-corrected chi connectivity index (χ3v) is 4.32. The zero-order chi connectivity index (χ0) is 13.2. The van der Waals surface area contributed by atoms with Gasteiger partial charge >= 0.3 is 0 Å².